The molecule has 0 saturated carbocycles. The Morgan fingerprint density at radius 3 is 2.32 bits per heavy atom. The molecule has 1 aliphatic heterocycles. The average molecular weight is 540 g/mol. The van der Waals surface area contributed by atoms with E-state index in [1.165, 1.54) is 5.56 Å². The molecule has 2 aromatic carbocycles. The van der Waals surface area contributed by atoms with Crippen molar-refractivity contribution in [2.45, 2.75) is 39.1 Å². The number of methoxy groups -OCH3 is 2. The van der Waals surface area contributed by atoms with Crippen molar-refractivity contribution in [3.63, 3.8) is 0 Å². The van der Waals surface area contributed by atoms with E-state index in [-0.39, 0.29) is 36.2 Å². The number of aliphatic imine (C=N–C) groups is 1. The van der Waals surface area contributed by atoms with E-state index in [1.807, 2.05) is 18.2 Å². The molecule has 170 valence electrons. The summed E-state index contributed by atoms with van der Waals surface area (Å²) < 4.78 is 16.4. The number of nitrogens with one attached hydrogen (secondary N) is 1. The Morgan fingerprint density at radius 1 is 1.06 bits per heavy atom. The van der Waals surface area contributed by atoms with Gasteiger partial charge in [0.2, 0.25) is 0 Å². The predicted molar refractivity (Wildman–Crippen MR) is 136 cm³/mol. The van der Waals surface area contributed by atoms with Crippen LogP contribution < -0.4 is 20.5 Å². The zero-order valence-electron chi connectivity index (χ0n) is 18.6. The lowest BCUT2D eigenvalue weighted by Crippen LogP contribution is -2.44. The number of ether oxygens (including phenoxy) is 3. The lowest BCUT2D eigenvalue weighted by atomic mass is 10.1. The number of anilines is 1. The molecule has 3 N–H and O–H groups in total. The maximum Gasteiger partial charge on any atom is 0.193 e. The third-order valence-electron chi connectivity index (χ3n) is 5.03. The molecule has 2 unspecified atom stereocenters. The highest BCUT2D eigenvalue weighted by molar-refractivity contribution is 14.0. The third kappa shape index (κ3) is 7.55. The summed E-state index contributed by atoms with van der Waals surface area (Å²) >= 11 is 0. The van der Waals surface area contributed by atoms with Gasteiger partial charge in [0.25, 0.3) is 0 Å². The normalized spacial score (nSPS) is 19.4. The molecular formula is C23H33IN4O3. The fraction of sp³-hybridized carbons (Fsp3) is 0.435. The molecule has 31 heavy (non-hydrogen) atoms. The Labute approximate surface area is 202 Å². The predicted octanol–water partition coefficient (Wildman–Crippen LogP) is 3.86. The first-order valence-electron chi connectivity index (χ1n) is 10.2. The molecule has 0 aromatic heterocycles. The minimum absolute atomic E-state index is 0. The number of hydrogen-bond acceptors (Lipinski definition) is 5. The summed E-state index contributed by atoms with van der Waals surface area (Å²) in [6.07, 6.45) is 0.557. The molecule has 0 radical (unpaired) electrons. The van der Waals surface area contributed by atoms with Crippen molar-refractivity contribution < 1.29 is 14.2 Å². The average Bonchev–Trinajstić information content (AvgIpc) is 2.72. The summed E-state index contributed by atoms with van der Waals surface area (Å²) in [5.74, 6) is 1.71. The fourth-order valence-corrected chi connectivity index (χ4v) is 3.69. The second-order valence-electron chi connectivity index (χ2n) is 7.66. The van der Waals surface area contributed by atoms with Crippen molar-refractivity contribution in [2.24, 2.45) is 10.7 Å². The van der Waals surface area contributed by atoms with E-state index in [0.29, 0.717) is 29.7 Å². The molecule has 0 bridgehead atoms. The second-order valence-corrected chi connectivity index (χ2v) is 7.66. The first-order valence-corrected chi connectivity index (χ1v) is 10.2. The number of nitrogens with two attached hydrogens (primary N) is 1. The number of morpholine rings is 1. The Bertz CT molecular complexity index is 850. The Hall–Kier alpha value is -2.04. The molecule has 2 aromatic rings. The van der Waals surface area contributed by atoms with Gasteiger partial charge in [0.15, 0.2) is 5.96 Å². The van der Waals surface area contributed by atoms with E-state index in [0.717, 1.165) is 25.2 Å². The lowest BCUT2D eigenvalue weighted by molar-refractivity contribution is -0.0704. The smallest absolute Gasteiger partial charge is 0.193 e. The van der Waals surface area contributed by atoms with Crippen LogP contribution in [0.5, 0.6) is 11.5 Å². The van der Waals surface area contributed by atoms with Crippen LogP contribution in [0, 0.1) is 0 Å². The topological polar surface area (TPSA) is 81.3 Å². The summed E-state index contributed by atoms with van der Waals surface area (Å²) in [6, 6.07) is 14.0. The van der Waals surface area contributed by atoms with Gasteiger partial charge in [0.05, 0.1) is 38.7 Å². The second kappa shape index (κ2) is 12.1. The first kappa shape index (κ1) is 25.2. The van der Waals surface area contributed by atoms with Gasteiger partial charge in [-0.05, 0) is 37.1 Å². The molecule has 0 amide bonds. The maximum absolute atomic E-state index is 6.07. The van der Waals surface area contributed by atoms with Gasteiger partial charge in [0.1, 0.15) is 11.5 Å². The fourth-order valence-electron chi connectivity index (χ4n) is 3.69. The molecular weight excluding hydrogens is 507 g/mol. The molecule has 2 atom stereocenters. The van der Waals surface area contributed by atoms with Crippen LogP contribution in [0.1, 0.15) is 25.0 Å². The van der Waals surface area contributed by atoms with Gasteiger partial charge in [-0.25, -0.2) is 4.99 Å². The van der Waals surface area contributed by atoms with E-state index < -0.39 is 0 Å². The van der Waals surface area contributed by atoms with Crippen LogP contribution in [0.2, 0.25) is 0 Å². The van der Waals surface area contributed by atoms with Gasteiger partial charge >= 0.3 is 0 Å². The molecule has 1 aliphatic rings. The highest BCUT2D eigenvalue weighted by atomic mass is 127. The Morgan fingerprint density at radius 2 is 1.71 bits per heavy atom. The number of rotatable bonds is 7. The highest BCUT2D eigenvalue weighted by Crippen LogP contribution is 2.28. The summed E-state index contributed by atoms with van der Waals surface area (Å²) in [7, 11) is 3.23. The van der Waals surface area contributed by atoms with E-state index in [4.69, 9.17) is 19.9 Å². The van der Waals surface area contributed by atoms with Gasteiger partial charge in [-0.1, -0.05) is 24.3 Å². The minimum atomic E-state index is 0. The molecule has 1 heterocycles. The van der Waals surface area contributed by atoms with Gasteiger partial charge in [0, 0.05) is 25.7 Å². The Kier molecular flexibility index (Phi) is 9.86. The minimum Gasteiger partial charge on any atom is -0.497 e. The zero-order chi connectivity index (χ0) is 21.5. The van der Waals surface area contributed by atoms with Crippen molar-refractivity contribution in [1.82, 2.24) is 4.90 Å². The number of halogens is 1. The van der Waals surface area contributed by atoms with Crippen molar-refractivity contribution in [3.05, 3.63) is 53.6 Å². The standard InChI is InChI=1S/C23H32N4O3.HI/c1-16-13-27(14-17(2)30-16)15-19-7-5-18(6-8-19)12-25-23(24)26-21-11-20(28-3)9-10-22(21)29-4;/h5-11,16-17H,12-15H2,1-4H3,(H3,24,25,26);1H. The van der Waals surface area contributed by atoms with Crippen molar-refractivity contribution >= 4 is 35.6 Å². The van der Waals surface area contributed by atoms with Crippen LogP contribution in [-0.2, 0) is 17.8 Å². The largest absolute Gasteiger partial charge is 0.497 e. The van der Waals surface area contributed by atoms with Crippen molar-refractivity contribution in [1.29, 1.82) is 0 Å². The Balaban J connectivity index is 0.00000341. The quantitative estimate of drug-likeness (QED) is 0.316. The summed E-state index contributed by atoms with van der Waals surface area (Å²) in [6.45, 7) is 7.61. The van der Waals surface area contributed by atoms with Crippen LogP contribution in [-0.4, -0.2) is 50.4 Å². The number of hydrogen-bond donors (Lipinski definition) is 2. The van der Waals surface area contributed by atoms with Gasteiger partial charge in [-0.15, -0.1) is 24.0 Å². The van der Waals surface area contributed by atoms with Gasteiger partial charge in [-0.3, -0.25) is 4.90 Å². The van der Waals surface area contributed by atoms with Crippen LogP contribution in [0.25, 0.3) is 0 Å². The number of nitrogens with zero attached hydrogens (tertiary/aromatic N) is 2. The van der Waals surface area contributed by atoms with E-state index in [1.54, 1.807) is 14.2 Å². The van der Waals surface area contributed by atoms with Crippen molar-refractivity contribution in [3.8, 4) is 11.5 Å². The molecule has 0 aliphatic carbocycles. The summed E-state index contributed by atoms with van der Waals surface area (Å²) in [4.78, 5) is 6.89. The maximum atomic E-state index is 6.07. The molecule has 1 fully saturated rings. The number of guanidine groups is 1. The van der Waals surface area contributed by atoms with E-state index in [9.17, 15) is 0 Å². The van der Waals surface area contributed by atoms with Crippen LogP contribution >= 0.6 is 24.0 Å². The highest BCUT2D eigenvalue weighted by Gasteiger charge is 2.21. The molecule has 8 heteroatoms. The van der Waals surface area contributed by atoms with Gasteiger partial charge < -0.3 is 25.3 Å². The monoisotopic (exact) mass is 540 g/mol. The molecule has 0 spiro atoms. The molecule has 1 saturated heterocycles. The molecule has 3 rings (SSSR count). The lowest BCUT2D eigenvalue weighted by Gasteiger charge is -2.35. The number of benzene rings is 2. The SMILES string of the molecule is COc1ccc(OC)c(NC(N)=NCc2ccc(CN3CC(C)OC(C)C3)cc2)c1.I. The van der Waals surface area contributed by atoms with Crippen LogP contribution in [0.4, 0.5) is 5.69 Å². The van der Waals surface area contributed by atoms with Gasteiger partial charge in [-0.2, -0.15) is 0 Å². The van der Waals surface area contributed by atoms with Crippen LogP contribution in [0.3, 0.4) is 0 Å². The molecule has 7 nitrogen and oxygen atoms in total. The summed E-state index contributed by atoms with van der Waals surface area (Å²) in [5, 5.41) is 3.08. The van der Waals surface area contributed by atoms with E-state index >= 15 is 0 Å². The van der Waals surface area contributed by atoms with E-state index in [2.05, 4.69) is 53.3 Å². The summed E-state index contributed by atoms with van der Waals surface area (Å²) in [5.41, 5.74) is 9.17. The first-order chi connectivity index (χ1) is 14.5. The van der Waals surface area contributed by atoms with Crippen molar-refractivity contribution in [2.75, 3.05) is 32.6 Å². The zero-order valence-corrected chi connectivity index (χ0v) is 21.0. The third-order valence-corrected chi connectivity index (χ3v) is 5.03. The van der Waals surface area contributed by atoms with Crippen LogP contribution in [0.15, 0.2) is 47.5 Å².